The van der Waals surface area contributed by atoms with Gasteiger partial charge in [-0.15, -0.1) is 0 Å². The van der Waals surface area contributed by atoms with E-state index in [-0.39, 0.29) is 28.8 Å². The lowest BCUT2D eigenvalue weighted by Crippen LogP contribution is -2.11. The van der Waals surface area contributed by atoms with E-state index >= 15 is 0 Å². The molecule has 0 spiro atoms. The summed E-state index contributed by atoms with van der Waals surface area (Å²) in [5.74, 6) is -1.12. The molecule has 5 nitrogen and oxygen atoms in total. The molecule has 1 aromatic heterocycles. The van der Waals surface area contributed by atoms with Crippen molar-refractivity contribution >= 4 is 11.8 Å². The van der Waals surface area contributed by atoms with Gasteiger partial charge in [0.1, 0.15) is 17.2 Å². The van der Waals surface area contributed by atoms with E-state index in [0.717, 1.165) is 12.8 Å². The molecule has 1 aromatic carbocycles. The van der Waals surface area contributed by atoms with Crippen LogP contribution in [0.5, 0.6) is 0 Å². The van der Waals surface area contributed by atoms with Crippen LogP contribution in [0.15, 0.2) is 30.5 Å². The van der Waals surface area contributed by atoms with Gasteiger partial charge in [-0.1, -0.05) is 12.1 Å². The van der Waals surface area contributed by atoms with Crippen LogP contribution in [-0.4, -0.2) is 27.1 Å². The summed E-state index contributed by atoms with van der Waals surface area (Å²) < 4.78 is 13.7. The Hall–Kier alpha value is -2.50. The molecule has 0 amide bonds. The predicted octanol–water partition coefficient (Wildman–Crippen LogP) is 2.56. The van der Waals surface area contributed by atoms with Crippen molar-refractivity contribution in [2.45, 2.75) is 18.9 Å². The first-order valence-corrected chi connectivity index (χ1v) is 6.27. The number of hydrogen-bond donors (Lipinski definition) is 2. The Bertz CT molecular complexity index is 671. The zero-order valence-corrected chi connectivity index (χ0v) is 10.5. The molecule has 0 radical (unpaired) electrons. The number of halogens is 1. The van der Waals surface area contributed by atoms with Crippen molar-refractivity contribution in [3.63, 3.8) is 0 Å². The standard InChI is InChI=1S/C14H12FN3O2/c15-11-4-2-1-3-9(11)12-16-7-10(14(19)20)13(18-12)17-8-5-6-8/h1-4,7-8H,5-6H2,(H,19,20)(H,16,17,18). The van der Waals surface area contributed by atoms with Gasteiger partial charge in [-0.05, 0) is 25.0 Å². The van der Waals surface area contributed by atoms with Crippen molar-refractivity contribution in [2.75, 3.05) is 5.32 Å². The number of anilines is 1. The highest BCUT2D eigenvalue weighted by Crippen LogP contribution is 2.27. The minimum atomic E-state index is -1.10. The number of rotatable bonds is 4. The van der Waals surface area contributed by atoms with Crippen LogP contribution in [0.2, 0.25) is 0 Å². The van der Waals surface area contributed by atoms with Crippen molar-refractivity contribution in [1.29, 1.82) is 0 Å². The Balaban J connectivity index is 2.04. The lowest BCUT2D eigenvalue weighted by molar-refractivity contribution is 0.0697. The molecule has 20 heavy (non-hydrogen) atoms. The number of aromatic carboxylic acids is 1. The van der Waals surface area contributed by atoms with Gasteiger partial charge in [-0.25, -0.2) is 19.2 Å². The molecule has 0 saturated heterocycles. The molecule has 102 valence electrons. The van der Waals surface area contributed by atoms with Gasteiger partial charge in [-0.2, -0.15) is 0 Å². The second-order valence-electron chi connectivity index (χ2n) is 4.66. The lowest BCUT2D eigenvalue weighted by Gasteiger charge is -2.09. The van der Waals surface area contributed by atoms with Crippen LogP contribution in [0.25, 0.3) is 11.4 Å². The van der Waals surface area contributed by atoms with E-state index in [1.54, 1.807) is 18.2 Å². The fraction of sp³-hybridized carbons (Fsp3) is 0.214. The molecule has 1 aliphatic rings. The molecular weight excluding hydrogens is 261 g/mol. The Kier molecular flexibility index (Phi) is 3.06. The van der Waals surface area contributed by atoms with E-state index in [1.165, 1.54) is 12.3 Å². The maximum atomic E-state index is 13.7. The first-order valence-electron chi connectivity index (χ1n) is 6.27. The van der Waals surface area contributed by atoms with Crippen LogP contribution in [0.3, 0.4) is 0 Å². The average Bonchev–Trinajstić information content (AvgIpc) is 3.23. The van der Waals surface area contributed by atoms with Crippen LogP contribution >= 0.6 is 0 Å². The molecule has 1 saturated carbocycles. The van der Waals surface area contributed by atoms with Gasteiger partial charge in [0, 0.05) is 12.2 Å². The summed E-state index contributed by atoms with van der Waals surface area (Å²) >= 11 is 0. The Morgan fingerprint density at radius 3 is 2.75 bits per heavy atom. The van der Waals surface area contributed by atoms with Crippen LogP contribution in [0.1, 0.15) is 23.2 Å². The Morgan fingerprint density at radius 1 is 1.35 bits per heavy atom. The SMILES string of the molecule is O=C(O)c1cnc(-c2ccccc2F)nc1NC1CC1. The monoisotopic (exact) mass is 273 g/mol. The van der Waals surface area contributed by atoms with Crippen molar-refractivity contribution in [3.05, 3.63) is 41.8 Å². The molecule has 3 rings (SSSR count). The van der Waals surface area contributed by atoms with Crippen LogP contribution < -0.4 is 5.32 Å². The largest absolute Gasteiger partial charge is 0.477 e. The fourth-order valence-corrected chi connectivity index (χ4v) is 1.84. The third-order valence-corrected chi connectivity index (χ3v) is 3.05. The van der Waals surface area contributed by atoms with Crippen LogP contribution in [0.4, 0.5) is 10.2 Å². The smallest absolute Gasteiger partial charge is 0.341 e. The number of aromatic nitrogens is 2. The predicted molar refractivity (Wildman–Crippen MR) is 71.0 cm³/mol. The number of nitrogens with zero attached hydrogens (tertiary/aromatic N) is 2. The molecule has 0 aliphatic heterocycles. The Morgan fingerprint density at radius 2 is 2.10 bits per heavy atom. The van der Waals surface area contributed by atoms with Crippen molar-refractivity contribution in [1.82, 2.24) is 9.97 Å². The third-order valence-electron chi connectivity index (χ3n) is 3.05. The molecule has 1 fully saturated rings. The second-order valence-corrected chi connectivity index (χ2v) is 4.66. The maximum absolute atomic E-state index is 13.7. The molecule has 2 N–H and O–H groups in total. The van der Waals surface area contributed by atoms with Crippen LogP contribution in [0, 0.1) is 5.82 Å². The third kappa shape index (κ3) is 2.45. The molecule has 0 unspecified atom stereocenters. The lowest BCUT2D eigenvalue weighted by atomic mass is 10.2. The summed E-state index contributed by atoms with van der Waals surface area (Å²) in [7, 11) is 0. The van der Waals surface area contributed by atoms with Crippen molar-refractivity contribution in [2.24, 2.45) is 0 Å². The van der Waals surface area contributed by atoms with Gasteiger partial charge in [0.05, 0.1) is 5.56 Å². The second kappa shape index (κ2) is 4.88. The molecule has 1 aliphatic carbocycles. The van der Waals surface area contributed by atoms with Gasteiger partial charge in [-0.3, -0.25) is 0 Å². The topological polar surface area (TPSA) is 75.1 Å². The number of benzene rings is 1. The number of carbonyl (C=O) groups is 1. The van der Waals surface area contributed by atoms with Gasteiger partial charge < -0.3 is 10.4 Å². The Labute approximate surface area is 114 Å². The van der Waals surface area contributed by atoms with E-state index in [4.69, 9.17) is 5.11 Å². The van der Waals surface area contributed by atoms with Gasteiger partial charge in [0.25, 0.3) is 0 Å². The van der Waals surface area contributed by atoms with Gasteiger partial charge >= 0.3 is 5.97 Å². The molecule has 2 aromatic rings. The minimum absolute atomic E-state index is 0.00279. The number of carboxylic acids is 1. The van der Waals surface area contributed by atoms with E-state index < -0.39 is 11.8 Å². The quantitative estimate of drug-likeness (QED) is 0.895. The summed E-state index contributed by atoms with van der Waals surface area (Å²) in [5.41, 5.74) is 0.250. The number of hydrogen-bond acceptors (Lipinski definition) is 4. The normalized spacial score (nSPS) is 14.1. The molecule has 6 heteroatoms. The molecular formula is C14H12FN3O2. The average molecular weight is 273 g/mol. The fourth-order valence-electron chi connectivity index (χ4n) is 1.84. The molecule has 0 bridgehead atoms. The summed E-state index contributed by atoms with van der Waals surface area (Å²) in [5, 5.41) is 12.2. The summed E-state index contributed by atoms with van der Waals surface area (Å²) in [6.45, 7) is 0. The van der Waals surface area contributed by atoms with E-state index in [1.807, 2.05) is 0 Å². The van der Waals surface area contributed by atoms with Crippen molar-refractivity contribution < 1.29 is 14.3 Å². The van der Waals surface area contributed by atoms with Crippen LogP contribution in [-0.2, 0) is 0 Å². The number of nitrogens with one attached hydrogen (secondary N) is 1. The highest BCUT2D eigenvalue weighted by Gasteiger charge is 2.25. The van der Waals surface area contributed by atoms with Gasteiger partial charge in [0.2, 0.25) is 0 Å². The van der Waals surface area contributed by atoms with Gasteiger partial charge in [0.15, 0.2) is 5.82 Å². The van der Waals surface area contributed by atoms with Crippen molar-refractivity contribution in [3.8, 4) is 11.4 Å². The highest BCUT2D eigenvalue weighted by molar-refractivity contribution is 5.93. The zero-order chi connectivity index (χ0) is 14.1. The van der Waals surface area contributed by atoms with E-state index in [9.17, 15) is 9.18 Å². The first kappa shape index (κ1) is 12.5. The minimum Gasteiger partial charge on any atom is -0.477 e. The highest BCUT2D eigenvalue weighted by atomic mass is 19.1. The van der Waals surface area contributed by atoms with E-state index in [0.29, 0.717) is 0 Å². The molecule has 1 heterocycles. The first-order chi connectivity index (χ1) is 9.65. The maximum Gasteiger partial charge on any atom is 0.341 e. The molecule has 0 atom stereocenters. The number of carboxylic acid groups (broad SMARTS) is 1. The van der Waals surface area contributed by atoms with E-state index in [2.05, 4.69) is 15.3 Å². The zero-order valence-electron chi connectivity index (χ0n) is 10.5. The summed E-state index contributed by atoms with van der Waals surface area (Å²) in [6.07, 6.45) is 3.18. The summed E-state index contributed by atoms with van der Waals surface area (Å²) in [4.78, 5) is 19.3. The summed E-state index contributed by atoms with van der Waals surface area (Å²) in [6, 6.07) is 6.38.